The Morgan fingerprint density at radius 1 is 1.08 bits per heavy atom. The number of piperidine rings is 1. The van der Waals surface area contributed by atoms with Crippen LogP contribution in [0.4, 0.5) is 11.9 Å². The van der Waals surface area contributed by atoms with E-state index in [0.29, 0.717) is 36.5 Å². The molecule has 0 aliphatic carbocycles. The summed E-state index contributed by atoms with van der Waals surface area (Å²) in [5.74, 6) is -0.760. The fraction of sp³-hybridized carbons (Fsp3) is 0.308. The van der Waals surface area contributed by atoms with Crippen molar-refractivity contribution in [3.8, 4) is 0 Å². The number of carboxylic acids is 2. The molecule has 4 heterocycles. The van der Waals surface area contributed by atoms with Crippen LogP contribution in [-0.2, 0) is 16.1 Å². The normalized spacial score (nSPS) is 14.3. The summed E-state index contributed by atoms with van der Waals surface area (Å²) < 4.78 is 2.07. The number of likely N-dealkylation sites (tertiary alicyclic amines) is 1. The van der Waals surface area contributed by atoms with E-state index in [-0.39, 0.29) is 0 Å². The number of nitrogens with two attached hydrogens (primary N) is 1. The fourth-order valence-corrected chi connectivity index (χ4v) is 5.04. The quantitative estimate of drug-likeness (QED) is 0.226. The molecular formula is C26H30N8O4S. The van der Waals surface area contributed by atoms with E-state index in [1.165, 1.54) is 5.56 Å². The molecule has 0 unspecified atom stereocenters. The number of aliphatic carboxylic acids is 2. The molecule has 39 heavy (non-hydrogen) atoms. The molecule has 1 aliphatic heterocycles. The Balaban J connectivity index is 0.000000386. The van der Waals surface area contributed by atoms with Gasteiger partial charge in [-0.2, -0.15) is 0 Å². The second kappa shape index (κ2) is 13.4. The lowest BCUT2D eigenvalue weighted by atomic mass is 9.88. The molecule has 4 aromatic rings. The second-order valence-corrected chi connectivity index (χ2v) is 9.59. The van der Waals surface area contributed by atoms with Crippen LogP contribution in [0.15, 0.2) is 59.7 Å². The van der Waals surface area contributed by atoms with Crippen molar-refractivity contribution in [2.75, 3.05) is 37.2 Å². The Morgan fingerprint density at radius 2 is 1.79 bits per heavy atom. The van der Waals surface area contributed by atoms with Crippen LogP contribution in [0, 0.1) is 0 Å². The number of nitrogen functional groups attached to an aromatic ring is 1. The zero-order valence-electron chi connectivity index (χ0n) is 21.2. The Morgan fingerprint density at radius 3 is 2.44 bits per heavy atom. The maximum atomic E-state index is 9.55. The number of imidazole rings is 1. The standard InChI is InChI=1S/C22H26N8S.C4H4O4/c23-21-28-20-18(3-1-4-19(20)30(21)13-17-14-31-15-27-17)16-5-10-29(11-6-16)12-9-26-22-24-7-2-8-25-22;5-3(6)1-2-4(7)8/h1-4,7-8,14-16H,5-6,9-13H2,(H2,23,28)(H,24,25,26);1-2H,(H,5,6)(H,7,8)/b;2-1+. The van der Waals surface area contributed by atoms with Crippen LogP contribution < -0.4 is 11.1 Å². The van der Waals surface area contributed by atoms with Gasteiger partial charge in [0.05, 0.1) is 28.8 Å². The third kappa shape index (κ3) is 7.82. The van der Waals surface area contributed by atoms with Gasteiger partial charge in [0.25, 0.3) is 0 Å². The smallest absolute Gasteiger partial charge is 0.328 e. The monoisotopic (exact) mass is 550 g/mol. The summed E-state index contributed by atoms with van der Waals surface area (Å²) in [6.45, 7) is 4.65. The molecule has 13 heteroatoms. The van der Waals surface area contributed by atoms with Crippen molar-refractivity contribution in [3.63, 3.8) is 0 Å². The maximum absolute atomic E-state index is 9.55. The van der Waals surface area contributed by atoms with Crippen LogP contribution in [0.3, 0.4) is 0 Å². The lowest BCUT2D eigenvalue weighted by Crippen LogP contribution is -2.36. The van der Waals surface area contributed by atoms with Gasteiger partial charge in [-0.3, -0.25) is 0 Å². The van der Waals surface area contributed by atoms with Gasteiger partial charge in [-0.15, -0.1) is 11.3 Å². The van der Waals surface area contributed by atoms with E-state index >= 15 is 0 Å². The molecule has 3 aromatic heterocycles. The minimum absolute atomic E-state index is 0.507. The number of aromatic nitrogens is 5. The summed E-state index contributed by atoms with van der Waals surface area (Å²) in [6.07, 6.45) is 6.88. The van der Waals surface area contributed by atoms with E-state index in [0.717, 1.165) is 55.7 Å². The van der Waals surface area contributed by atoms with E-state index in [2.05, 4.69) is 53.3 Å². The van der Waals surface area contributed by atoms with Crippen molar-refractivity contribution in [2.24, 2.45) is 0 Å². The highest BCUT2D eigenvalue weighted by Gasteiger charge is 2.24. The summed E-state index contributed by atoms with van der Waals surface area (Å²) >= 11 is 1.60. The Labute approximate surface area is 228 Å². The molecule has 12 nitrogen and oxygen atoms in total. The number of para-hydroxylation sites is 1. The van der Waals surface area contributed by atoms with Crippen molar-refractivity contribution in [1.29, 1.82) is 0 Å². The van der Waals surface area contributed by atoms with Crippen LogP contribution in [0.1, 0.15) is 30.0 Å². The highest BCUT2D eigenvalue weighted by molar-refractivity contribution is 7.07. The molecule has 0 atom stereocenters. The molecule has 1 saturated heterocycles. The zero-order valence-corrected chi connectivity index (χ0v) is 22.0. The van der Waals surface area contributed by atoms with Gasteiger partial charge in [-0.1, -0.05) is 12.1 Å². The minimum Gasteiger partial charge on any atom is -0.478 e. The Kier molecular flexibility index (Phi) is 9.53. The largest absolute Gasteiger partial charge is 0.478 e. The highest BCUT2D eigenvalue weighted by Crippen LogP contribution is 2.33. The van der Waals surface area contributed by atoms with E-state index in [9.17, 15) is 9.59 Å². The lowest BCUT2D eigenvalue weighted by Gasteiger charge is -2.32. The molecule has 1 aromatic carbocycles. The topological polar surface area (TPSA) is 172 Å². The molecule has 5 rings (SSSR count). The number of carboxylic acid groups (broad SMARTS) is 2. The predicted molar refractivity (Wildman–Crippen MR) is 149 cm³/mol. The van der Waals surface area contributed by atoms with Gasteiger partial charge in [-0.05, 0) is 49.5 Å². The first kappa shape index (κ1) is 27.7. The molecule has 0 saturated carbocycles. The fourth-order valence-electron chi connectivity index (χ4n) is 4.49. The molecular weight excluding hydrogens is 520 g/mol. The van der Waals surface area contributed by atoms with E-state index < -0.39 is 11.9 Å². The second-order valence-electron chi connectivity index (χ2n) is 8.88. The number of nitrogens with zero attached hydrogens (tertiary/aromatic N) is 6. The first-order valence-corrected chi connectivity index (χ1v) is 13.3. The van der Waals surface area contributed by atoms with Gasteiger partial charge in [0.15, 0.2) is 0 Å². The Hall–Kier alpha value is -4.36. The van der Waals surface area contributed by atoms with Gasteiger partial charge >= 0.3 is 11.9 Å². The number of thiazole rings is 1. The first-order valence-electron chi connectivity index (χ1n) is 12.4. The van der Waals surface area contributed by atoms with E-state index in [4.69, 9.17) is 20.9 Å². The van der Waals surface area contributed by atoms with E-state index in [1.54, 1.807) is 23.7 Å². The molecule has 1 aliphatic rings. The summed E-state index contributed by atoms with van der Waals surface area (Å²) in [6, 6.07) is 8.29. The van der Waals surface area contributed by atoms with Crippen molar-refractivity contribution in [3.05, 3.63) is 71.0 Å². The third-order valence-electron chi connectivity index (χ3n) is 6.32. The number of nitrogens with one attached hydrogen (secondary N) is 1. The number of rotatable bonds is 9. The molecule has 1 fully saturated rings. The third-order valence-corrected chi connectivity index (χ3v) is 6.95. The summed E-state index contributed by atoms with van der Waals surface area (Å²) in [4.78, 5) is 39.2. The number of carbonyl (C=O) groups is 2. The maximum Gasteiger partial charge on any atom is 0.328 e. The number of anilines is 2. The van der Waals surface area contributed by atoms with Crippen LogP contribution in [0.5, 0.6) is 0 Å². The minimum atomic E-state index is -1.26. The number of hydrogen-bond donors (Lipinski definition) is 4. The van der Waals surface area contributed by atoms with Crippen molar-refractivity contribution in [2.45, 2.75) is 25.3 Å². The average molecular weight is 551 g/mol. The van der Waals surface area contributed by atoms with Crippen molar-refractivity contribution >= 4 is 46.2 Å². The molecule has 5 N–H and O–H groups in total. The van der Waals surface area contributed by atoms with Gasteiger partial charge in [-0.25, -0.2) is 29.5 Å². The summed E-state index contributed by atoms with van der Waals surface area (Å²) in [7, 11) is 0. The van der Waals surface area contributed by atoms with E-state index in [1.807, 2.05) is 11.6 Å². The van der Waals surface area contributed by atoms with Crippen molar-refractivity contribution in [1.82, 2.24) is 29.4 Å². The number of benzene rings is 1. The number of fused-ring (bicyclic) bond motifs is 1. The number of hydrogen-bond acceptors (Lipinski definition) is 10. The van der Waals surface area contributed by atoms with Gasteiger partial charge < -0.3 is 30.7 Å². The molecule has 0 spiro atoms. The SMILES string of the molecule is Nc1nc2c(C3CCN(CCNc4ncccn4)CC3)cccc2n1Cc1cscn1.O=C(O)/C=C/C(=O)O. The lowest BCUT2D eigenvalue weighted by molar-refractivity contribution is -0.134. The van der Waals surface area contributed by atoms with Crippen molar-refractivity contribution < 1.29 is 19.8 Å². The van der Waals surface area contributed by atoms with Crippen LogP contribution in [0.2, 0.25) is 0 Å². The van der Waals surface area contributed by atoms with Crippen LogP contribution in [0.25, 0.3) is 11.0 Å². The highest BCUT2D eigenvalue weighted by atomic mass is 32.1. The predicted octanol–water partition coefficient (Wildman–Crippen LogP) is 2.92. The molecule has 0 radical (unpaired) electrons. The Bertz CT molecular complexity index is 1380. The molecule has 0 amide bonds. The van der Waals surface area contributed by atoms with Gasteiger partial charge in [0.1, 0.15) is 0 Å². The van der Waals surface area contributed by atoms with Crippen LogP contribution >= 0.6 is 11.3 Å². The summed E-state index contributed by atoms with van der Waals surface area (Å²) in [5.41, 5.74) is 12.6. The van der Waals surface area contributed by atoms with Gasteiger partial charge in [0, 0.05) is 43.0 Å². The van der Waals surface area contributed by atoms with Crippen LogP contribution in [-0.4, -0.2) is 77.7 Å². The van der Waals surface area contributed by atoms with Gasteiger partial charge in [0.2, 0.25) is 11.9 Å². The molecule has 204 valence electrons. The zero-order chi connectivity index (χ0) is 27.6. The average Bonchev–Trinajstić information content (AvgIpc) is 3.57. The first-order chi connectivity index (χ1) is 18.9. The summed E-state index contributed by atoms with van der Waals surface area (Å²) in [5, 5.41) is 21.0. The molecule has 0 bridgehead atoms.